The first-order valence-electron chi connectivity index (χ1n) is 13.0. The van der Waals surface area contributed by atoms with Crippen LogP contribution in [0.25, 0.3) is 45.1 Å². The quantitative estimate of drug-likeness (QED) is 0.200. The number of benzene rings is 2. The standard InChI is InChI=1S/C30H28N6O5/c1-37-19-3-5-23-25(15-19)35-29(33-23)27-17-21(7-9-31-27)40-13-11-39-12-14-41-22-8-10-32-28(18-22)30-34-24-6-4-20(38-2)16-26(24)36-30/h3-10,15-18H,11-14H2,1-2H3,(H,33,35)(H,34,36). The van der Waals surface area contributed by atoms with Gasteiger partial charge < -0.3 is 33.7 Å². The van der Waals surface area contributed by atoms with Crippen molar-refractivity contribution >= 4 is 22.1 Å². The lowest BCUT2D eigenvalue weighted by atomic mass is 10.3. The molecule has 0 radical (unpaired) electrons. The van der Waals surface area contributed by atoms with Gasteiger partial charge in [0, 0.05) is 36.7 Å². The number of hydrogen-bond donors (Lipinski definition) is 2. The van der Waals surface area contributed by atoms with E-state index in [1.165, 1.54) is 0 Å². The van der Waals surface area contributed by atoms with Crippen LogP contribution in [0, 0.1) is 0 Å². The number of ether oxygens (including phenoxy) is 5. The third kappa shape index (κ3) is 6.04. The molecule has 0 spiro atoms. The predicted molar refractivity (Wildman–Crippen MR) is 154 cm³/mol. The molecular weight excluding hydrogens is 524 g/mol. The highest BCUT2D eigenvalue weighted by atomic mass is 16.5. The van der Waals surface area contributed by atoms with E-state index in [1.807, 2.05) is 48.5 Å². The highest BCUT2D eigenvalue weighted by Crippen LogP contribution is 2.26. The fourth-order valence-electron chi connectivity index (χ4n) is 4.27. The normalized spacial score (nSPS) is 11.2. The van der Waals surface area contributed by atoms with E-state index in [0.29, 0.717) is 61.0 Å². The summed E-state index contributed by atoms with van der Waals surface area (Å²) in [6.07, 6.45) is 3.39. The largest absolute Gasteiger partial charge is 0.497 e. The second kappa shape index (κ2) is 11.9. The second-order valence-corrected chi connectivity index (χ2v) is 9.00. The molecule has 2 aromatic carbocycles. The van der Waals surface area contributed by atoms with Crippen molar-refractivity contribution in [3.8, 4) is 46.0 Å². The molecule has 6 rings (SSSR count). The molecular formula is C30H28N6O5. The highest BCUT2D eigenvalue weighted by molar-refractivity contribution is 5.81. The Labute approximate surface area is 235 Å². The average Bonchev–Trinajstić information content (AvgIpc) is 3.64. The number of aromatic nitrogens is 6. The summed E-state index contributed by atoms with van der Waals surface area (Å²) >= 11 is 0. The van der Waals surface area contributed by atoms with Crippen molar-refractivity contribution in [2.75, 3.05) is 40.6 Å². The first kappa shape index (κ1) is 26.1. The van der Waals surface area contributed by atoms with Gasteiger partial charge in [0.1, 0.15) is 47.6 Å². The highest BCUT2D eigenvalue weighted by Gasteiger charge is 2.10. The zero-order chi connectivity index (χ0) is 28.0. The van der Waals surface area contributed by atoms with Crippen molar-refractivity contribution in [3.63, 3.8) is 0 Å². The van der Waals surface area contributed by atoms with Crippen LogP contribution in [-0.4, -0.2) is 70.6 Å². The molecule has 0 aliphatic rings. The monoisotopic (exact) mass is 552 g/mol. The Balaban J connectivity index is 0.961. The summed E-state index contributed by atoms with van der Waals surface area (Å²) in [7, 11) is 3.26. The van der Waals surface area contributed by atoms with Gasteiger partial charge in [-0.25, -0.2) is 9.97 Å². The molecule has 0 saturated carbocycles. The lowest BCUT2D eigenvalue weighted by Gasteiger charge is -2.09. The summed E-state index contributed by atoms with van der Waals surface area (Å²) in [4.78, 5) is 24.6. The fraction of sp³-hybridized carbons (Fsp3) is 0.200. The van der Waals surface area contributed by atoms with Crippen LogP contribution in [0.4, 0.5) is 0 Å². The summed E-state index contributed by atoms with van der Waals surface area (Å²) in [5.41, 5.74) is 4.80. The third-order valence-electron chi connectivity index (χ3n) is 6.32. The van der Waals surface area contributed by atoms with Gasteiger partial charge in [0.05, 0.1) is 49.5 Å². The van der Waals surface area contributed by atoms with Crippen LogP contribution in [0.2, 0.25) is 0 Å². The van der Waals surface area contributed by atoms with Crippen molar-refractivity contribution in [2.24, 2.45) is 0 Å². The molecule has 4 heterocycles. The summed E-state index contributed by atoms with van der Waals surface area (Å²) in [6.45, 7) is 1.60. The Kier molecular flexibility index (Phi) is 7.59. The molecule has 0 aliphatic heterocycles. The van der Waals surface area contributed by atoms with Gasteiger partial charge in [0.25, 0.3) is 0 Å². The molecule has 0 atom stereocenters. The molecule has 0 unspecified atom stereocenters. The molecule has 11 nitrogen and oxygen atoms in total. The summed E-state index contributed by atoms with van der Waals surface area (Å²) in [5, 5.41) is 0. The third-order valence-corrected chi connectivity index (χ3v) is 6.32. The van der Waals surface area contributed by atoms with Crippen molar-refractivity contribution in [2.45, 2.75) is 0 Å². The Morgan fingerprint density at radius 2 is 1.05 bits per heavy atom. The number of H-pyrrole nitrogens is 2. The van der Waals surface area contributed by atoms with E-state index in [1.54, 1.807) is 38.7 Å². The molecule has 11 heteroatoms. The molecule has 208 valence electrons. The number of rotatable bonds is 12. The van der Waals surface area contributed by atoms with Crippen molar-refractivity contribution in [1.82, 2.24) is 29.9 Å². The van der Waals surface area contributed by atoms with Crippen LogP contribution in [0.15, 0.2) is 73.1 Å². The van der Waals surface area contributed by atoms with Crippen molar-refractivity contribution < 1.29 is 23.7 Å². The van der Waals surface area contributed by atoms with Crippen molar-refractivity contribution in [1.29, 1.82) is 0 Å². The number of fused-ring (bicyclic) bond motifs is 2. The Morgan fingerprint density at radius 3 is 1.51 bits per heavy atom. The van der Waals surface area contributed by atoms with Gasteiger partial charge in [0.15, 0.2) is 11.6 Å². The van der Waals surface area contributed by atoms with Crippen LogP contribution < -0.4 is 18.9 Å². The van der Waals surface area contributed by atoms with Crippen molar-refractivity contribution in [3.05, 3.63) is 73.1 Å². The number of hydrogen-bond acceptors (Lipinski definition) is 9. The molecule has 4 aromatic heterocycles. The van der Waals surface area contributed by atoms with E-state index in [9.17, 15) is 0 Å². The Hall–Kier alpha value is -5.16. The van der Waals surface area contributed by atoms with Gasteiger partial charge in [-0.2, -0.15) is 0 Å². The number of nitrogens with zero attached hydrogens (tertiary/aromatic N) is 4. The summed E-state index contributed by atoms with van der Waals surface area (Å²) in [5.74, 6) is 4.18. The first-order valence-corrected chi connectivity index (χ1v) is 13.0. The molecule has 2 N–H and O–H groups in total. The lowest BCUT2D eigenvalue weighted by molar-refractivity contribution is 0.0764. The van der Waals surface area contributed by atoms with Gasteiger partial charge in [-0.1, -0.05) is 0 Å². The minimum absolute atomic E-state index is 0.386. The molecule has 0 amide bonds. The second-order valence-electron chi connectivity index (χ2n) is 9.00. The summed E-state index contributed by atoms with van der Waals surface area (Å²) in [6, 6.07) is 18.7. The maximum Gasteiger partial charge on any atom is 0.157 e. The van der Waals surface area contributed by atoms with Gasteiger partial charge >= 0.3 is 0 Å². The number of aromatic amines is 2. The fourth-order valence-corrected chi connectivity index (χ4v) is 4.27. The number of pyridine rings is 2. The average molecular weight is 553 g/mol. The Morgan fingerprint density at radius 1 is 0.561 bits per heavy atom. The van der Waals surface area contributed by atoms with E-state index in [0.717, 1.165) is 33.6 Å². The van der Waals surface area contributed by atoms with Gasteiger partial charge in [-0.3, -0.25) is 9.97 Å². The molecule has 0 fully saturated rings. The SMILES string of the molecule is COc1ccc2[nH]c(-c3cc(OCCOCCOc4ccnc(-c5nc6cc(OC)ccc6[nH]5)c4)ccn3)nc2c1. The molecule has 0 saturated heterocycles. The van der Waals surface area contributed by atoms with Gasteiger partial charge in [0.2, 0.25) is 0 Å². The zero-order valence-corrected chi connectivity index (χ0v) is 22.6. The molecule has 41 heavy (non-hydrogen) atoms. The van der Waals surface area contributed by atoms with Crippen LogP contribution in [0.1, 0.15) is 0 Å². The maximum atomic E-state index is 5.85. The molecule has 6 aromatic rings. The minimum Gasteiger partial charge on any atom is -0.497 e. The van der Waals surface area contributed by atoms with Gasteiger partial charge in [-0.15, -0.1) is 0 Å². The summed E-state index contributed by atoms with van der Waals surface area (Å²) < 4.78 is 27.9. The van der Waals surface area contributed by atoms with E-state index >= 15 is 0 Å². The molecule has 0 bridgehead atoms. The Bertz CT molecular complexity index is 1650. The topological polar surface area (TPSA) is 129 Å². The predicted octanol–water partition coefficient (Wildman–Crippen LogP) is 5.05. The molecule has 0 aliphatic carbocycles. The van der Waals surface area contributed by atoms with E-state index in [2.05, 4.69) is 29.9 Å². The van der Waals surface area contributed by atoms with E-state index in [4.69, 9.17) is 23.7 Å². The number of imidazole rings is 2. The van der Waals surface area contributed by atoms with E-state index in [-0.39, 0.29) is 0 Å². The number of methoxy groups -OCH3 is 2. The number of nitrogens with one attached hydrogen (secondary N) is 2. The van der Waals surface area contributed by atoms with Crippen LogP contribution in [0.5, 0.6) is 23.0 Å². The van der Waals surface area contributed by atoms with Crippen LogP contribution in [0.3, 0.4) is 0 Å². The van der Waals surface area contributed by atoms with Crippen LogP contribution in [-0.2, 0) is 4.74 Å². The van der Waals surface area contributed by atoms with Gasteiger partial charge in [-0.05, 0) is 36.4 Å². The van der Waals surface area contributed by atoms with Crippen LogP contribution >= 0.6 is 0 Å². The first-order chi connectivity index (χ1) is 20.2. The van der Waals surface area contributed by atoms with E-state index < -0.39 is 0 Å². The maximum absolute atomic E-state index is 5.85. The zero-order valence-electron chi connectivity index (χ0n) is 22.6. The minimum atomic E-state index is 0.386. The lowest BCUT2D eigenvalue weighted by Crippen LogP contribution is -2.12. The smallest absolute Gasteiger partial charge is 0.157 e.